The van der Waals surface area contributed by atoms with Gasteiger partial charge in [-0.25, -0.2) is 0 Å². The Balaban J connectivity index is 2.11. The summed E-state index contributed by atoms with van der Waals surface area (Å²) in [7, 11) is 1.44. The molecule has 0 saturated carbocycles. The summed E-state index contributed by atoms with van der Waals surface area (Å²) in [5.41, 5.74) is 0.546. The Kier molecular flexibility index (Phi) is 10.4. The smallest absolute Gasteiger partial charge is 0.257 e. The van der Waals surface area contributed by atoms with E-state index in [1.165, 1.54) is 14.0 Å². The molecule has 1 aromatic heterocycles. The van der Waals surface area contributed by atoms with Gasteiger partial charge in [-0.15, -0.1) is 0 Å². The summed E-state index contributed by atoms with van der Waals surface area (Å²) in [5, 5.41) is 24.8. The van der Waals surface area contributed by atoms with E-state index in [-0.39, 0.29) is 25.0 Å². The molecule has 0 spiro atoms. The summed E-state index contributed by atoms with van der Waals surface area (Å²) < 4.78 is 12.5. The van der Waals surface area contributed by atoms with E-state index in [1.54, 1.807) is 26.9 Å². The monoisotopic (exact) mass is 440 g/mol. The minimum Gasteiger partial charge on any atom is -0.388 e. The van der Waals surface area contributed by atoms with Gasteiger partial charge in [0.1, 0.15) is 18.3 Å². The Labute approximate surface area is 183 Å². The van der Waals surface area contributed by atoms with Crippen LogP contribution in [0.5, 0.6) is 0 Å². The number of ether oxygens (including phenoxy) is 2. The molecule has 2 amide bonds. The highest BCUT2D eigenvalue weighted by Crippen LogP contribution is 2.12. The van der Waals surface area contributed by atoms with E-state index in [9.17, 15) is 19.8 Å². The van der Waals surface area contributed by atoms with Gasteiger partial charge in [-0.05, 0) is 26.2 Å². The molecule has 10 nitrogen and oxygen atoms in total. The number of amides is 2. The Hall–Kier alpha value is -2.01. The predicted molar refractivity (Wildman–Crippen MR) is 114 cm³/mol. The average Bonchev–Trinajstić information content (AvgIpc) is 3.24. The molecule has 2 rings (SSSR count). The summed E-state index contributed by atoms with van der Waals surface area (Å²) in [4.78, 5) is 28.5. The molecule has 0 aromatic carbocycles. The van der Waals surface area contributed by atoms with Crippen LogP contribution in [0.4, 0.5) is 0 Å². The fourth-order valence-electron chi connectivity index (χ4n) is 3.57. The van der Waals surface area contributed by atoms with Gasteiger partial charge < -0.3 is 29.5 Å². The third-order valence-electron chi connectivity index (χ3n) is 5.53. The minimum atomic E-state index is -1.18. The second-order valence-corrected chi connectivity index (χ2v) is 7.81. The van der Waals surface area contributed by atoms with Gasteiger partial charge >= 0.3 is 0 Å². The molecule has 0 unspecified atom stereocenters. The standard InChI is InChI=1S/C21H36N4O6/c1-4-25-13-17(12-22-25)21(29)23-8-5-6-11-31-15-18(27)20(28)19(30-3)14-24(16(2)26)10-7-9-23/h12-13,18-20,27-28H,4-11,14-15H2,1-3H3/t18-,19-,20-/m0/s1. The van der Waals surface area contributed by atoms with Crippen LogP contribution in [0.2, 0.25) is 0 Å². The van der Waals surface area contributed by atoms with E-state index in [4.69, 9.17) is 9.47 Å². The van der Waals surface area contributed by atoms with Gasteiger partial charge in [0.15, 0.2) is 0 Å². The van der Waals surface area contributed by atoms with Crippen molar-refractivity contribution in [1.29, 1.82) is 0 Å². The zero-order valence-electron chi connectivity index (χ0n) is 18.8. The molecular formula is C21H36N4O6. The van der Waals surface area contributed by atoms with Gasteiger partial charge in [-0.3, -0.25) is 14.3 Å². The van der Waals surface area contributed by atoms with Crippen LogP contribution < -0.4 is 0 Å². The van der Waals surface area contributed by atoms with Crippen molar-refractivity contribution >= 4 is 11.8 Å². The van der Waals surface area contributed by atoms with Crippen molar-refractivity contribution in [3.63, 3.8) is 0 Å². The second kappa shape index (κ2) is 12.7. The van der Waals surface area contributed by atoms with Gasteiger partial charge in [-0.1, -0.05) is 0 Å². The maximum absolute atomic E-state index is 13.0. The maximum Gasteiger partial charge on any atom is 0.257 e. The van der Waals surface area contributed by atoms with E-state index >= 15 is 0 Å². The van der Waals surface area contributed by atoms with Crippen molar-refractivity contribution in [2.75, 3.05) is 46.5 Å². The quantitative estimate of drug-likeness (QED) is 0.686. The lowest BCUT2D eigenvalue weighted by molar-refractivity contribution is -0.136. The number of hydrogen-bond donors (Lipinski definition) is 2. The largest absolute Gasteiger partial charge is 0.388 e. The first-order valence-corrected chi connectivity index (χ1v) is 10.9. The summed E-state index contributed by atoms with van der Waals surface area (Å²) >= 11 is 0. The first kappa shape index (κ1) is 25.3. The molecule has 1 fully saturated rings. The Bertz CT molecular complexity index is 697. The minimum absolute atomic E-state index is 0.0278. The van der Waals surface area contributed by atoms with E-state index in [2.05, 4.69) is 5.10 Å². The van der Waals surface area contributed by atoms with E-state index in [0.29, 0.717) is 51.2 Å². The number of rotatable bonds is 3. The number of methoxy groups -OCH3 is 1. The first-order valence-electron chi connectivity index (χ1n) is 10.9. The lowest BCUT2D eigenvalue weighted by atomic mass is 10.1. The third-order valence-corrected chi connectivity index (χ3v) is 5.53. The van der Waals surface area contributed by atoms with Gasteiger partial charge in [0.25, 0.3) is 5.91 Å². The lowest BCUT2D eigenvalue weighted by Crippen LogP contribution is -2.48. The van der Waals surface area contributed by atoms with Crippen LogP contribution in [0.3, 0.4) is 0 Å². The van der Waals surface area contributed by atoms with Gasteiger partial charge in [0.2, 0.25) is 5.91 Å². The normalized spacial score (nSPS) is 25.0. The van der Waals surface area contributed by atoms with Gasteiger partial charge in [0.05, 0.1) is 18.4 Å². The zero-order valence-corrected chi connectivity index (χ0v) is 18.8. The molecule has 2 heterocycles. The zero-order chi connectivity index (χ0) is 22.8. The molecule has 31 heavy (non-hydrogen) atoms. The molecule has 0 radical (unpaired) electrons. The molecule has 1 aromatic rings. The molecule has 1 aliphatic heterocycles. The van der Waals surface area contributed by atoms with Gasteiger partial charge in [-0.2, -0.15) is 5.10 Å². The molecule has 1 saturated heterocycles. The SMILES string of the molecule is CCn1cc(C(=O)N2CCCCOC[C@H](O)[C@H](O)[C@@H](OC)CN(C(C)=O)CCC2)cn1. The number of nitrogens with zero attached hydrogens (tertiary/aromatic N) is 4. The molecule has 3 atom stereocenters. The summed E-state index contributed by atoms with van der Waals surface area (Å²) in [6.07, 6.45) is 2.33. The lowest BCUT2D eigenvalue weighted by Gasteiger charge is -2.31. The van der Waals surface area contributed by atoms with Crippen LogP contribution in [0.15, 0.2) is 12.4 Å². The average molecular weight is 441 g/mol. The molecule has 10 heteroatoms. The Morgan fingerprint density at radius 2 is 1.90 bits per heavy atom. The number of aromatic nitrogens is 2. The van der Waals surface area contributed by atoms with Crippen LogP contribution in [0.25, 0.3) is 0 Å². The van der Waals surface area contributed by atoms with E-state index in [0.717, 1.165) is 6.42 Å². The van der Waals surface area contributed by atoms with Gasteiger partial charge in [0, 0.05) is 59.6 Å². The van der Waals surface area contributed by atoms with Crippen LogP contribution in [-0.4, -0.2) is 106 Å². The highest BCUT2D eigenvalue weighted by Gasteiger charge is 2.29. The van der Waals surface area contributed by atoms with Crippen molar-refractivity contribution < 1.29 is 29.3 Å². The van der Waals surface area contributed by atoms with Crippen molar-refractivity contribution in [2.24, 2.45) is 0 Å². The molecule has 1 aliphatic rings. The van der Waals surface area contributed by atoms with Crippen molar-refractivity contribution in [3.05, 3.63) is 18.0 Å². The summed E-state index contributed by atoms with van der Waals surface area (Å²) in [5.74, 6) is -0.244. The Morgan fingerprint density at radius 3 is 2.55 bits per heavy atom. The molecule has 0 aliphatic carbocycles. The topological polar surface area (TPSA) is 117 Å². The predicted octanol–water partition coefficient (Wildman–Crippen LogP) is 0.131. The van der Waals surface area contributed by atoms with Crippen molar-refractivity contribution in [2.45, 2.75) is 58.0 Å². The highest BCUT2D eigenvalue weighted by atomic mass is 16.5. The molecular weight excluding hydrogens is 404 g/mol. The van der Waals surface area contributed by atoms with Crippen molar-refractivity contribution in [1.82, 2.24) is 19.6 Å². The van der Waals surface area contributed by atoms with Crippen LogP contribution in [-0.2, 0) is 20.8 Å². The second-order valence-electron chi connectivity index (χ2n) is 7.81. The number of hydrogen-bond acceptors (Lipinski definition) is 7. The maximum atomic E-state index is 13.0. The number of carbonyl (C=O) groups is 2. The van der Waals surface area contributed by atoms with Crippen molar-refractivity contribution in [3.8, 4) is 0 Å². The highest BCUT2D eigenvalue weighted by molar-refractivity contribution is 5.93. The fourth-order valence-corrected chi connectivity index (χ4v) is 3.57. The molecule has 2 N–H and O–H groups in total. The summed E-state index contributed by atoms with van der Waals surface area (Å²) in [6.45, 7) is 6.09. The first-order chi connectivity index (χ1) is 14.9. The summed E-state index contributed by atoms with van der Waals surface area (Å²) in [6, 6.07) is 0. The van der Waals surface area contributed by atoms with E-state index in [1.807, 2.05) is 6.92 Å². The Morgan fingerprint density at radius 1 is 1.19 bits per heavy atom. The third kappa shape index (κ3) is 7.57. The number of aryl methyl sites for hydroxylation is 1. The van der Waals surface area contributed by atoms with E-state index < -0.39 is 18.3 Å². The number of carbonyl (C=O) groups excluding carboxylic acids is 2. The number of aliphatic hydroxyl groups is 2. The molecule has 176 valence electrons. The number of aliphatic hydroxyl groups excluding tert-OH is 2. The van der Waals surface area contributed by atoms with Crippen LogP contribution in [0.1, 0.15) is 43.5 Å². The van der Waals surface area contributed by atoms with Crippen LogP contribution >= 0.6 is 0 Å². The molecule has 0 bridgehead atoms. The van der Waals surface area contributed by atoms with Crippen LogP contribution in [0, 0.1) is 0 Å². The fraction of sp³-hybridized carbons (Fsp3) is 0.762.